The van der Waals surface area contributed by atoms with Crippen LogP contribution in [-0.4, -0.2) is 88.3 Å². The summed E-state index contributed by atoms with van der Waals surface area (Å²) in [4.78, 5) is 24.9. The molecular formula is C28H38F2N6O9SSi. The quantitative estimate of drug-likeness (QED) is 0.191. The topological polar surface area (TPSA) is 221 Å². The number of ether oxygens (including phenoxy) is 1. The van der Waals surface area contributed by atoms with E-state index >= 15 is 0 Å². The number of imidazole rings is 1. The number of alkyl halides is 2. The number of aliphatic hydroxyl groups excluding tert-OH is 2. The number of aromatic nitrogens is 4. The minimum Gasteiger partial charge on any atom is -0.407 e. The SMILES string of the molecule is CC(C)(C)[Si](C)(C)O[C@@H]1[C@H](O)[C@@H](COS(=O)(=O)NC(=O)CC[C@]2(O)c3ccccc3[C@@H](O)C2(F)F)O[C@H]1n1cnc2c(N)ncnc21. The van der Waals surface area contributed by atoms with Crippen LogP contribution in [0.25, 0.3) is 11.2 Å². The summed E-state index contributed by atoms with van der Waals surface area (Å²) in [6.45, 7) is 9.16. The van der Waals surface area contributed by atoms with Crippen molar-refractivity contribution in [1.82, 2.24) is 24.2 Å². The summed E-state index contributed by atoms with van der Waals surface area (Å²) < 4.78 is 75.9. The van der Waals surface area contributed by atoms with Gasteiger partial charge in [-0.05, 0) is 35.7 Å². The van der Waals surface area contributed by atoms with Crippen molar-refractivity contribution in [3.63, 3.8) is 0 Å². The summed E-state index contributed by atoms with van der Waals surface area (Å²) in [5.41, 5.74) is 3.11. The third-order valence-electron chi connectivity index (χ3n) is 9.15. The molecule has 1 aromatic carbocycles. The number of halogens is 2. The van der Waals surface area contributed by atoms with Gasteiger partial charge in [0.15, 0.2) is 31.6 Å². The molecule has 0 bridgehead atoms. The van der Waals surface area contributed by atoms with Crippen LogP contribution in [0.5, 0.6) is 0 Å². The van der Waals surface area contributed by atoms with Crippen LogP contribution in [-0.2, 0) is 34.0 Å². The minimum atomic E-state index is -4.84. The zero-order valence-corrected chi connectivity index (χ0v) is 28.1. The van der Waals surface area contributed by atoms with E-state index in [2.05, 4.69) is 15.0 Å². The van der Waals surface area contributed by atoms with Crippen LogP contribution in [0.15, 0.2) is 36.9 Å². The van der Waals surface area contributed by atoms with E-state index in [1.54, 1.807) is 4.72 Å². The highest BCUT2D eigenvalue weighted by Crippen LogP contribution is 2.56. The Labute approximate surface area is 270 Å². The lowest BCUT2D eigenvalue weighted by atomic mass is 9.88. The number of rotatable bonds is 10. The number of hydrogen-bond acceptors (Lipinski definition) is 13. The summed E-state index contributed by atoms with van der Waals surface area (Å²) >= 11 is 0. The molecule has 0 saturated carbocycles. The molecular weight excluding hydrogens is 662 g/mol. The Morgan fingerprint density at radius 3 is 2.55 bits per heavy atom. The van der Waals surface area contributed by atoms with Crippen molar-refractivity contribution in [2.75, 3.05) is 12.3 Å². The first-order valence-corrected chi connectivity index (χ1v) is 19.0. The maximum Gasteiger partial charge on any atom is 0.362 e. The zero-order valence-electron chi connectivity index (χ0n) is 26.3. The van der Waals surface area contributed by atoms with Gasteiger partial charge >= 0.3 is 16.2 Å². The van der Waals surface area contributed by atoms with Gasteiger partial charge in [0.05, 0.1) is 12.9 Å². The highest BCUT2D eigenvalue weighted by atomic mass is 32.2. The highest BCUT2D eigenvalue weighted by molar-refractivity contribution is 7.85. The van der Waals surface area contributed by atoms with E-state index in [4.69, 9.17) is 19.1 Å². The zero-order chi connectivity index (χ0) is 34.7. The second-order valence-corrected chi connectivity index (χ2v) is 19.3. The second kappa shape index (κ2) is 12.1. The van der Waals surface area contributed by atoms with Crippen molar-refractivity contribution in [1.29, 1.82) is 0 Å². The molecule has 47 heavy (non-hydrogen) atoms. The number of nitrogens with zero attached hydrogens (tertiary/aromatic N) is 4. The molecule has 1 saturated heterocycles. The lowest BCUT2D eigenvalue weighted by Gasteiger charge is -2.40. The Bertz CT molecular complexity index is 1770. The highest BCUT2D eigenvalue weighted by Gasteiger charge is 2.64. The largest absolute Gasteiger partial charge is 0.407 e. The van der Waals surface area contributed by atoms with Crippen LogP contribution in [0.1, 0.15) is 57.1 Å². The van der Waals surface area contributed by atoms with Crippen molar-refractivity contribution >= 4 is 41.5 Å². The van der Waals surface area contributed by atoms with Crippen LogP contribution in [0, 0.1) is 0 Å². The molecule has 1 aliphatic carbocycles. The molecule has 0 unspecified atom stereocenters. The Balaban J connectivity index is 1.28. The molecule has 3 aromatic rings. The van der Waals surface area contributed by atoms with Crippen LogP contribution < -0.4 is 10.5 Å². The van der Waals surface area contributed by atoms with E-state index in [1.807, 2.05) is 33.9 Å². The first-order valence-electron chi connectivity index (χ1n) is 14.7. The number of nitrogens with one attached hydrogen (secondary N) is 1. The fourth-order valence-corrected chi connectivity index (χ4v) is 7.51. The standard InChI is InChI=1S/C28H38F2N6O9SSi/c1-26(2,3)47(4,5)45-21-20(38)17(44-25(21)36-14-34-19-23(31)32-13-33-24(19)36)12-43-46(41,42)35-18(37)10-11-27(40)16-9-7-6-8-15(16)22(39)28(27,29)30/h6-9,13-14,17,20-22,25,38-40H,10-12H2,1-5H3,(H,35,37)(H2,31,32,33)/t17-,20-,21-,22-,25-,27+/m1/s1. The molecule has 2 aliphatic rings. The van der Waals surface area contributed by atoms with Crippen LogP contribution in [0.3, 0.4) is 0 Å². The Kier molecular flexibility index (Phi) is 9.02. The van der Waals surface area contributed by atoms with Crippen molar-refractivity contribution in [3.05, 3.63) is 48.0 Å². The van der Waals surface area contributed by atoms with Gasteiger partial charge in [0.2, 0.25) is 5.91 Å². The van der Waals surface area contributed by atoms with Crippen LogP contribution in [0.4, 0.5) is 14.6 Å². The normalized spacial score (nSPS) is 27.7. The van der Waals surface area contributed by atoms with E-state index in [0.29, 0.717) is 0 Å². The van der Waals surface area contributed by atoms with Gasteiger partial charge in [-0.15, -0.1) is 0 Å². The molecule has 19 heteroatoms. The second-order valence-electron chi connectivity index (χ2n) is 13.2. The molecule has 0 spiro atoms. The minimum absolute atomic E-state index is 0.111. The lowest BCUT2D eigenvalue weighted by molar-refractivity contribution is -0.226. The van der Waals surface area contributed by atoms with E-state index in [-0.39, 0.29) is 33.1 Å². The van der Waals surface area contributed by atoms with Gasteiger partial charge in [-0.25, -0.2) is 19.7 Å². The van der Waals surface area contributed by atoms with Gasteiger partial charge in [0.1, 0.15) is 36.3 Å². The first-order chi connectivity index (χ1) is 21.7. The number of anilines is 1. The van der Waals surface area contributed by atoms with E-state index in [0.717, 1.165) is 0 Å². The van der Waals surface area contributed by atoms with Gasteiger partial charge in [-0.2, -0.15) is 17.2 Å². The number of hydrogen-bond donors (Lipinski definition) is 5. The fourth-order valence-electron chi connectivity index (χ4n) is 5.47. The number of carbonyl (C=O) groups is 1. The summed E-state index contributed by atoms with van der Waals surface area (Å²) in [7, 11) is -7.40. The maximum absolute atomic E-state index is 14.9. The number of carbonyl (C=O) groups excluding carboxylic acids is 1. The Hall–Kier alpha value is -3.17. The van der Waals surface area contributed by atoms with Gasteiger partial charge in [0, 0.05) is 6.42 Å². The van der Waals surface area contributed by atoms with Crippen LogP contribution in [0.2, 0.25) is 18.1 Å². The molecule has 1 aliphatic heterocycles. The number of aliphatic hydroxyl groups is 3. The summed E-state index contributed by atoms with van der Waals surface area (Å²) in [5.74, 6) is -5.18. The van der Waals surface area contributed by atoms with Gasteiger partial charge in [-0.1, -0.05) is 45.0 Å². The molecule has 3 heterocycles. The van der Waals surface area contributed by atoms with Crippen LogP contribution >= 0.6 is 0 Å². The average molecular weight is 701 g/mol. The fraction of sp³-hybridized carbons (Fsp3) is 0.571. The van der Waals surface area contributed by atoms with Crippen molar-refractivity contribution in [3.8, 4) is 0 Å². The number of nitrogens with two attached hydrogens (primary N) is 1. The molecule has 5 rings (SSSR count). The molecule has 2 aromatic heterocycles. The van der Waals surface area contributed by atoms with Crippen molar-refractivity contribution in [2.45, 2.75) is 93.9 Å². The number of fused-ring (bicyclic) bond motifs is 2. The first kappa shape index (κ1) is 35.1. The van der Waals surface area contributed by atoms with E-state index in [9.17, 15) is 37.3 Å². The average Bonchev–Trinajstić information content (AvgIpc) is 3.58. The van der Waals surface area contributed by atoms with Gasteiger partial charge in [0.25, 0.3) is 0 Å². The van der Waals surface area contributed by atoms with E-state index < -0.39 is 86.1 Å². The monoisotopic (exact) mass is 700 g/mol. The third-order valence-corrected chi connectivity index (χ3v) is 14.5. The lowest BCUT2D eigenvalue weighted by Crippen LogP contribution is -2.49. The molecule has 1 amide bonds. The number of nitrogen functional groups attached to an aromatic ring is 1. The number of amides is 1. The molecule has 15 nitrogen and oxygen atoms in total. The molecule has 258 valence electrons. The molecule has 0 radical (unpaired) electrons. The predicted octanol–water partition coefficient (Wildman–Crippen LogP) is 1.79. The third kappa shape index (κ3) is 6.26. The smallest absolute Gasteiger partial charge is 0.362 e. The Morgan fingerprint density at radius 2 is 1.87 bits per heavy atom. The summed E-state index contributed by atoms with van der Waals surface area (Å²) in [6.07, 6.45) is -6.23. The van der Waals surface area contributed by atoms with Crippen molar-refractivity contribution < 1.29 is 50.7 Å². The summed E-state index contributed by atoms with van der Waals surface area (Å²) in [5, 5.41) is 32.0. The summed E-state index contributed by atoms with van der Waals surface area (Å²) in [6, 6.07) is 5.24. The predicted molar refractivity (Wildman–Crippen MR) is 164 cm³/mol. The maximum atomic E-state index is 14.9. The number of benzene rings is 1. The van der Waals surface area contributed by atoms with E-state index in [1.165, 1.54) is 41.5 Å². The van der Waals surface area contributed by atoms with Gasteiger partial charge in [-0.3, -0.25) is 13.5 Å². The molecule has 1 fully saturated rings. The molecule has 6 N–H and O–H groups in total. The molecule has 6 atom stereocenters. The van der Waals surface area contributed by atoms with Gasteiger partial charge < -0.3 is 30.2 Å². The Morgan fingerprint density at radius 1 is 1.19 bits per heavy atom. The van der Waals surface area contributed by atoms with Crippen molar-refractivity contribution in [2.24, 2.45) is 0 Å².